The number of rotatable bonds is 5. The molecule has 2 amide bonds. The smallest absolute Gasteiger partial charge is 0.249 e. The largest absolute Gasteiger partial charge is 0.383 e. The molecule has 1 saturated heterocycles. The molecule has 0 aromatic heterocycles. The number of ether oxygens (including phenoxy) is 1. The third-order valence-electron chi connectivity index (χ3n) is 4.71. The summed E-state index contributed by atoms with van der Waals surface area (Å²) in [4.78, 5) is 27.2. The first-order chi connectivity index (χ1) is 9.59. The Labute approximate surface area is 121 Å². The third kappa shape index (κ3) is 2.43. The highest BCUT2D eigenvalue weighted by Gasteiger charge is 2.52. The van der Waals surface area contributed by atoms with Crippen molar-refractivity contribution in [1.29, 1.82) is 0 Å². The fraction of sp³-hybridized carbons (Fsp3) is 0.867. The number of piperazine rings is 1. The molecule has 2 atom stereocenters. The van der Waals surface area contributed by atoms with Crippen LogP contribution in [0.1, 0.15) is 52.4 Å². The van der Waals surface area contributed by atoms with E-state index in [4.69, 9.17) is 4.74 Å². The van der Waals surface area contributed by atoms with E-state index >= 15 is 0 Å². The Morgan fingerprint density at radius 2 is 2.00 bits per heavy atom. The Bertz CT molecular complexity index is 377. The van der Waals surface area contributed by atoms with Gasteiger partial charge in [-0.2, -0.15) is 0 Å². The summed E-state index contributed by atoms with van der Waals surface area (Å²) < 4.78 is 5.25. The lowest BCUT2D eigenvalue weighted by Crippen LogP contribution is -2.71. The Kier molecular flexibility index (Phi) is 4.68. The lowest BCUT2D eigenvalue weighted by Gasteiger charge is -2.47. The van der Waals surface area contributed by atoms with Crippen LogP contribution < -0.4 is 5.32 Å². The fourth-order valence-electron chi connectivity index (χ4n) is 3.59. The minimum absolute atomic E-state index is 0.00329. The number of carbonyl (C=O) groups excluding carboxylic acids is 2. The van der Waals surface area contributed by atoms with Crippen LogP contribution in [0, 0.1) is 0 Å². The summed E-state index contributed by atoms with van der Waals surface area (Å²) in [6.07, 6.45) is 5.02. The summed E-state index contributed by atoms with van der Waals surface area (Å²) >= 11 is 0. The molecule has 5 heteroatoms. The van der Waals surface area contributed by atoms with Crippen LogP contribution in [-0.2, 0) is 14.3 Å². The van der Waals surface area contributed by atoms with Crippen LogP contribution in [0.5, 0.6) is 0 Å². The standard InChI is InChI=1S/C15H26N2O3/c1-4-11(10-20-3)17-12(5-2)13(18)16-15(14(17)19)8-6-7-9-15/h11-12H,4-10H2,1-3H3,(H,16,18). The van der Waals surface area contributed by atoms with Crippen molar-refractivity contribution >= 4 is 11.8 Å². The molecule has 2 rings (SSSR count). The minimum atomic E-state index is -0.635. The third-order valence-corrected chi connectivity index (χ3v) is 4.71. The van der Waals surface area contributed by atoms with E-state index in [1.54, 1.807) is 7.11 Å². The molecule has 2 aliphatic rings. The second-order valence-electron chi connectivity index (χ2n) is 5.93. The molecule has 114 valence electrons. The fourth-order valence-corrected chi connectivity index (χ4v) is 3.59. The van der Waals surface area contributed by atoms with Crippen molar-refractivity contribution < 1.29 is 14.3 Å². The van der Waals surface area contributed by atoms with Gasteiger partial charge in [0.05, 0.1) is 12.6 Å². The molecule has 0 aromatic carbocycles. The van der Waals surface area contributed by atoms with Crippen molar-refractivity contribution in [1.82, 2.24) is 10.2 Å². The molecule has 0 aromatic rings. The number of amides is 2. The normalized spacial score (nSPS) is 26.9. The van der Waals surface area contributed by atoms with E-state index in [-0.39, 0.29) is 23.9 Å². The highest BCUT2D eigenvalue weighted by molar-refractivity contribution is 6.00. The predicted molar refractivity (Wildman–Crippen MR) is 76.2 cm³/mol. The van der Waals surface area contributed by atoms with E-state index in [0.717, 1.165) is 32.1 Å². The zero-order valence-corrected chi connectivity index (χ0v) is 12.8. The maximum atomic E-state index is 13.0. The average molecular weight is 282 g/mol. The summed E-state index contributed by atoms with van der Waals surface area (Å²) in [5.74, 6) is 0.105. The summed E-state index contributed by atoms with van der Waals surface area (Å²) in [5, 5.41) is 3.02. The quantitative estimate of drug-likeness (QED) is 0.830. The molecule has 2 unspecified atom stereocenters. The van der Waals surface area contributed by atoms with Gasteiger partial charge in [0.15, 0.2) is 0 Å². The monoisotopic (exact) mass is 282 g/mol. The van der Waals surface area contributed by atoms with Crippen molar-refractivity contribution in [2.75, 3.05) is 13.7 Å². The van der Waals surface area contributed by atoms with Crippen molar-refractivity contribution in [3.8, 4) is 0 Å². The van der Waals surface area contributed by atoms with Gasteiger partial charge in [-0.1, -0.05) is 26.7 Å². The van der Waals surface area contributed by atoms with Crippen LogP contribution in [0.3, 0.4) is 0 Å². The van der Waals surface area contributed by atoms with Gasteiger partial charge in [-0.15, -0.1) is 0 Å². The maximum Gasteiger partial charge on any atom is 0.249 e. The first-order valence-electron chi connectivity index (χ1n) is 7.73. The molecular weight excluding hydrogens is 256 g/mol. The van der Waals surface area contributed by atoms with Crippen molar-refractivity contribution in [2.45, 2.75) is 70.0 Å². The van der Waals surface area contributed by atoms with Gasteiger partial charge in [0, 0.05) is 7.11 Å². The van der Waals surface area contributed by atoms with Crippen molar-refractivity contribution in [3.05, 3.63) is 0 Å². The highest BCUT2D eigenvalue weighted by atomic mass is 16.5. The van der Waals surface area contributed by atoms with Crippen LogP contribution in [0.4, 0.5) is 0 Å². The molecule has 5 nitrogen and oxygen atoms in total. The predicted octanol–water partition coefficient (Wildman–Crippen LogP) is 1.46. The van der Waals surface area contributed by atoms with Gasteiger partial charge in [-0.3, -0.25) is 9.59 Å². The summed E-state index contributed by atoms with van der Waals surface area (Å²) in [5.41, 5.74) is -0.635. The van der Waals surface area contributed by atoms with Gasteiger partial charge in [0.1, 0.15) is 11.6 Å². The number of carbonyl (C=O) groups is 2. The van der Waals surface area contributed by atoms with Gasteiger partial charge < -0.3 is 15.0 Å². The first kappa shape index (κ1) is 15.3. The summed E-state index contributed by atoms with van der Waals surface area (Å²) in [6.45, 7) is 4.48. The lowest BCUT2D eigenvalue weighted by atomic mass is 9.88. The minimum Gasteiger partial charge on any atom is -0.383 e. The van der Waals surface area contributed by atoms with Crippen molar-refractivity contribution in [3.63, 3.8) is 0 Å². The zero-order valence-electron chi connectivity index (χ0n) is 12.8. The topological polar surface area (TPSA) is 58.6 Å². The highest BCUT2D eigenvalue weighted by Crippen LogP contribution is 2.36. The van der Waals surface area contributed by atoms with E-state index in [0.29, 0.717) is 13.0 Å². The van der Waals surface area contributed by atoms with Gasteiger partial charge in [-0.25, -0.2) is 0 Å². The van der Waals surface area contributed by atoms with Crippen LogP contribution in [-0.4, -0.2) is 48.1 Å². The van der Waals surface area contributed by atoms with E-state index in [1.807, 2.05) is 18.7 Å². The Morgan fingerprint density at radius 1 is 1.35 bits per heavy atom. The van der Waals surface area contributed by atoms with E-state index < -0.39 is 5.54 Å². The molecule has 1 aliphatic carbocycles. The number of nitrogens with one attached hydrogen (secondary N) is 1. The van der Waals surface area contributed by atoms with Crippen LogP contribution in [0.15, 0.2) is 0 Å². The first-order valence-corrected chi connectivity index (χ1v) is 7.73. The lowest BCUT2D eigenvalue weighted by molar-refractivity contribution is -0.159. The molecule has 1 heterocycles. The molecule has 2 fully saturated rings. The molecule has 1 aliphatic heterocycles. The SMILES string of the molecule is CCC(COC)N1C(=O)C2(CCCC2)NC(=O)C1CC. The van der Waals surface area contributed by atoms with E-state index in [9.17, 15) is 9.59 Å². The van der Waals surface area contributed by atoms with Gasteiger partial charge in [-0.05, 0) is 25.7 Å². The van der Waals surface area contributed by atoms with Gasteiger partial charge >= 0.3 is 0 Å². The Balaban J connectivity index is 2.31. The van der Waals surface area contributed by atoms with Crippen molar-refractivity contribution in [2.24, 2.45) is 0 Å². The second-order valence-corrected chi connectivity index (χ2v) is 5.93. The molecule has 20 heavy (non-hydrogen) atoms. The summed E-state index contributed by atoms with van der Waals surface area (Å²) in [7, 11) is 1.64. The Hall–Kier alpha value is -1.10. The number of hydrogen-bond acceptors (Lipinski definition) is 3. The molecule has 0 radical (unpaired) electrons. The zero-order chi connectivity index (χ0) is 14.8. The van der Waals surface area contributed by atoms with Crippen LogP contribution in [0.2, 0.25) is 0 Å². The summed E-state index contributed by atoms with van der Waals surface area (Å²) in [6, 6.07) is -0.366. The van der Waals surface area contributed by atoms with Crippen LogP contribution in [0.25, 0.3) is 0 Å². The Morgan fingerprint density at radius 3 is 2.50 bits per heavy atom. The van der Waals surface area contributed by atoms with E-state index in [2.05, 4.69) is 5.32 Å². The molecule has 1 saturated carbocycles. The number of hydrogen-bond donors (Lipinski definition) is 1. The van der Waals surface area contributed by atoms with Crippen LogP contribution >= 0.6 is 0 Å². The molecular formula is C15H26N2O3. The van der Waals surface area contributed by atoms with E-state index in [1.165, 1.54) is 0 Å². The number of methoxy groups -OCH3 is 1. The average Bonchev–Trinajstić information content (AvgIpc) is 2.90. The molecule has 1 spiro atoms. The number of nitrogens with zero attached hydrogens (tertiary/aromatic N) is 1. The molecule has 0 bridgehead atoms. The van der Waals surface area contributed by atoms with Gasteiger partial charge in [0.25, 0.3) is 0 Å². The maximum absolute atomic E-state index is 13.0. The molecule has 1 N–H and O–H groups in total. The van der Waals surface area contributed by atoms with Gasteiger partial charge in [0.2, 0.25) is 11.8 Å². The second kappa shape index (κ2) is 6.12.